The van der Waals surface area contributed by atoms with Crippen LogP contribution in [0.25, 0.3) is 0 Å². The van der Waals surface area contributed by atoms with Crippen LogP contribution in [0.3, 0.4) is 0 Å². The Kier molecular flexibility index (Phi) is 3.41. The van der Waals surface area contributed by atoms with Crippen LogP contribution in [0.5, 0.6) is 0 Å². The van der Waals surface area contributed by atoms with E-state index in [2.05, 4.69) is 10.4 Å². The van der Waals surface area contributed by atoms with Crippen molar-refractivity contribution in [3.05, 3.63) is 36.0 Å². The molecule has 6 nitrogen and oxygen atoms in total. The van der Waals surface area contributed by atoms with Crippen LogP contribution < -0.4 is 16.0 Å². The fourth-order valence-corrected chi connectivity index (χ4v) is 1.78. The van der Waals surface area contributed by atoms with E-state index >= 15 is 0 Å². The van der Waals surface area contributed by atoms with E-state index < -0.39 is 0 Å². The summed E-state index contributed by atoms with van der Waals surface area (Å²) in [6.07, 6.45) is 1.46. The number of aryl methyl sites for hydroxylation is 1. The third-order valence-electron chi connectivity index (χ3n) is 2.86. The minimum atomic E-state index is -0.264. The molecular weight excluding hydrogens is 242 g/mol. The number of aromatic nitrogens is 2. The molecule has 19 heavy (non-hydrogen) atoms. The summed E-state index contributed by atoms with van der Waals surface area (Å²) >= 11 is 0. The zero-order chi connectivity index (χ0) is 14.0. The molecule has 0 saturated carbocycles. The number of nitrogen functional groups attached to an aromatic ring is 1. The van der Waals surface area contributed by atoms with Gasteiger partial charge in [0.15, 0.2) is 0 Å². The molecule has 1 heterocycles. The predicted octanol–water partition coefficient (Wildman–Crippen LogP) is 1.32. The number of amides is 1. The van der Waals surface area contributed by atoms with Crippen LogP contribution in [0.4, 0.5) is 17.2 Å². The summed E-state index contributed by atoms with van der Waals surface area (Å²) in [5, 5.41) is 6.81. The second kappa shape index (κ2) is 5.01. The van der Waals surface area contributed by atoms with E-state index in [0.29, 0.717) is 11.4 Å². The van der Waals surface area contributed by atoms with Crippen LogP contribution in [0.2, 0.25) is 0 Å². The van der Waals surface area contributed by atoms with E-state index in [-0.39, 0.29) is 5.91 Å². The topological polar surface area (TPSA) is 76.2 Å². The number of anilines is 3. The van der Waals surface area contributed by atoms with Crippen molar-refractivity contribution < 1.29 is 4.79 Å². The van der Waals surface area contributed by atoms with Gasteiger partial charge in [-0.15, -0.1) is 0 Å². The summed E-state index contributed by atoms with van der Waals surface area (Å²) in [6.45, 7) is 0. The number of para-hydroxylation sites is 2. The first-order valence-electron chi connectivity index (χ1n) is 5.86. The molecule has 0 aliphatic rings. The van der Waals surface area contributed by atoms with Crippen LogP contribution in [0.1, 0.15) is 10.4 Å². The lowest BCUT2D eigenvalue weighted by atomic mass is 10.2. The van der Waals surface area contributed by atoms with Crippen LogP contribution in [-0.2, 0) is 7.05 Å². The molecule has 0 fully saturated rings. The Bertz CT molecular complexity index is 603. The number of carbonyl (C=O) groups excluding carboxylic acids is 1. The first-order valence-corrected chi connectivity index (χ1v) is 5.86. The summed E-state index contributed by atoms with van der Waals surface area (Å²) in [7, 11) is 5.53. The molecule has 0 aliphatic carbocycles. The molecule has 0 radical (unpaired) electrons. The average Bonchev–Trinajstić information content (AvgIpc) is 2.70. The largest absolute Gasteiger partial charge is 0.383 e. The van der Waals surface area contributed by atoms with Crippen molar-refractivity contribution in [3.8, 4) is 0 Å². The summed E-state index contributed by atoms with van der Waals surface area (Å²) in [4.78, 5) is 14.1. The highest BCUT2D eigenvalue weighted by atomic mass is 16.1. The molecular formula is C13H17N5O. The van der Waals surface area contributed by atoms with Crippen molar-refractivity contribution in [3.63, 3.8) is 0 Å². The lowest BCUT2D eigenvalue weighted by Crippen LogP contribution is -2.17. The van der Waals surface area contributed by atoms with Gasteiger partial charge >= 0.3 is 0 Å². The van der Waals surface area contributed by atoms with Gasteiger partial charge in [-0.2, -0.15) is 5.10 Å². The predicted molar refractivity (Wildman–Crippen MR) is 76.3 cm³/mol. The molecule has 0 bridgehead atoms. The second-order valence-corrected chi connectivity index (χ2v) is 4.43. The number of nitrogens with zero attached hydrogens (tertiary/aromatic N) is 3. The van der Waals surface area contributed by atoms with E-state index in [0.717, 1.165) is 11.4 Å². The molecule has 0 aliphatic heterocycles. The van der Waals surface area contributed by atoms with Gasteiger partial charge in [0.1, 0.15) is 11.4 Å². The van der Waals surface area contributed by atoms with E-state index in [1.165, 1.54) is 10.9 Å². The smallest absolute Gasteiger partial charge is 0.261 e. The molecule has 1 aromatic carbocycles. The maximum Gasteiger partial charge on any atom is 0.261 e. The number of hydrogen-bond donors (Lipinski definition) is 2. The summed E-state index contributed by atoms with van der Waals surface area (Å²) in [6, 6.07) is 7.57. The molecule has 6 heteroatoms. The highest BCUT2D eigenvalue weighted by molar-refractivity contribution is 6.08. The van der Waals surface area contributed by atoms with Gasteiger partial charge in [-0.3, -0.25) is 9.48 Å². The third-order valence-corrected chi connectivity index (χ3v) is 2.86. The third kappa shape index (κ3) is 2.52. The zero-order valence-corrected chi connectivity index (χ0v) is 11.2. The van der Waals surface area contributed by atoms with Gasteiger partial charge < -0.3 is 16.0 Å². The zero-order valence-electron chi connectivity index (χ0n) is 11.2. The fraction of sp³-hybridized carbons (Fsp3) is 0.231. The second-order valence-electron chi connectivity index (χ2n) is 4.43. The van der Waals surface area contributed by atoms with Gasteiger partial charge in [0.05, 0.1) is 17.6 Å². The molecule has 100 valence electrons. The monoisotopic (exact) mass is 259 g/mol. The van der Waals surface area contributed by atoms with E-state index in [1.807, 2.05) is 43.3 Å². The lowest BCUT2D eigenvalue weighted by Gasteiger charge is -2.17. The number of nitrogens with two attached hydrogens (primary N) is 1. The van der Waals surface area contributed by atoms with Crippen molar-refractivity contribution in [1.82, 2.24) is 9.78 Å². The highest BCUT2D eigenvalue weighted by Gasteiger charge is 2.15. The maximum absolute atomic E-state index is 12.2. The Morgan fingerprint density at radius 3 is 2.63 bits per heavy atom. The number of rotatable bonds is 3. The quantitative estimate of drug-likeness (QED) is 0.871. The van der Waals surface area contributed by atoms with E-state index in [1.54, 1.807) is 7.05 Å². The molecule has 2 aromatic rings. The Morgan fingerprint density at radius 1 is 1.37 bits per heavy atom. The van der Waals surface area contributed by atoms with Crippen LogP contribution in [0, 0.1) is 0 Å². The van der Waals surface area contributed by atoms with Crippen LogP contribution in [0.15, 0.2) is 30.5 Å². The molecule has 0 spiro atoms. The van der Waals surface area contributed by atoms with Crippen LogP contribution >= 0.6 is 0 Å². The number of benzene rings is 1. The Morgan fingerprint density at radius 2 is 2.05 bits per heavy atom. The van der Waals surface area contributed by atoms with Gasteiger partial charge in [-0.05, 0) is 12.1 Å². The van der Waals surface area contributed by atoms with Crippen molar-refractivity contribution in [2.45, 2.75) is 0 Å². The number of nitrogens with one attached hydrogen (secondary N) is 1. The minimum Gasteiger partial charge on any atom is -0.383 e. The van der Waals surface area contributed by atoms with Gasteiger partial charge in [0.25, 0.3) is 5.91 Å². The minimum absolute atomic E-state index is 0.264. The molecule has 0 unspecified atom stereocenters. The van der Waals surface area contributed by atoms with Crippen molar-refractivity contribution in [2.75, 3.05) is 30.0 Å². The van der Waals surface area contributed by atoms with Crippen molar-refractivity contribution in [2.24, 2.45) is 7.05 Å². The van der Waals surface area contributed by atoms with Crippen LogP contribution in [-0.4, -0.2) is 29.8 Å². The van der Waals surface area contributed by atoms with Crippen molar-refractivity contribution >= 4 is 23.1 Å². The maximum atomic E-state index is 12.2. The molecule has 0 atom stereocenters. The SMILES string of the molecule is CN(C)c1ccccc1NC(=O)c1cnn(C)c1N. The highest BCUT2D eigenvalue weighted by Crippen LogP contribution is 2.24. The first kappa shape index (κ1) is 12.9. The van der Waals surface area contributed by atoms with Crippen molar-refractivity contribution in [1.29, 1.82) is 0 Å². The Balaban J connectivity index is 2.27. The Hall–Kier alpha value is -2.50. The Labute approximate surface area is 111 Å². The summed E-state index contributed by atoms with van der Waals surface area (Å²) in [5.74, 6) is 0.0831. The van der Waals surface area contributed by atoms with Gasteiger partial charge in [0.2, 0.25) is 0 Å². The number of hydrogen-bond acceptors (Lipinski definition) is 4. The number of carbonyl (C=O) groups is 1. The van der Waals surface area contributed by atoms with Gasteiger partial charge in [-0.25, -0.2) is 0 Å². The van der Waals surface area contributed by atoms with Gasteiger partial charge in [0, 0.05) is 21.1 Å². The summed E-state index contributed by atoms with van der Waals surface area (Å²) in [5.41, 5.74) is 7.82. The molecule has 0 saturated heterocycles. The molecule has 3 N–H and O–H groups in total. The lowest BCUT2D eigenvalue weighted by molar-refractivity contribution is 0.102. The van der Waals surface area contributed by atoms with Gasteiger partial charge in [-0.1, -0.05) is 12.1 Å². The normalized spacial score (nSPS) is 10.3. The fourth-order valence-electron chi connectivity index (χ4n) is 1.78. The standard InChI is InChI=1S/C13H17N5O/c1-17(2)11-7-5-4-6-10(11)16-13(19)9-8-15-18(3)12(9)14/h4-8H,14H2,1-3H3,(H,16,19). The molecule has 1 amide bonds. The molecule has 1 aromatic heterocycles. The molecule has 2 rings (SSSR count). The van der Waals surface area contributed by atoms with E-state index in [9.17, 15) is 4.79 Å². The summed E-state index contributed by atoms with van der Waals surface area (Å²) < 4.78 is 1.47. The average molecular weight is 259 g/mol. The van der Waals surface area contributed by atoms with E-state index in [4.69, 9.17) is 5.73 Å². The first-order chi connectivity index (χ1) is 9.00.